The van der Waals surface area contributed by atoms with Gasteiger partial charge in [0.25, 0.3) is 0 Å². The van der Waals surface area contributed by atoms with Crippen molar-refractivity contribution in [2.45, 2.75) is 0 Å². The molecular formula is C12H18Br6N2O2. The number of halogens is 6. The van der Waals surface area contributed by atoms with Gasteiger partial charge in [0.1, 0.15) is 0 Å². The van der Waals surface area contributed by atoms with Crippen molar-refractivity contribution in [2.75, 3.05) is 45.1 Å². The molecule has 0 aromatic carbocycles. The Hall–Kier alpha value is 1.82. The SMILES string of the molecule is O=C(NCCNC(=O)C(CBr)(CBr)CBr)C(CBr)(CBr)CBr. The topological polar surface area (TPSA) is 58.2 Å². The number of amides is 2. The largest absolute Gasteiger partial charge is 0.354 e. The van der Waals surface area contributed by atoms with E-state index in [0.717, 1.165) is 0 Å². The maximum atomic E-state index is 12.2. The van der Waals surface area contributed by atoms with Gasteiger partial charge in [0.2, 0.25) is 11.8 Å². The monoisotopic (exact) mass is 696 g/mol. The first-order valence-corrected chi connectivity index (χ1v) is 13.1. The molecule has 4 nitrogen and oxygen atoms in total. The van der Waals surface area contributed by atoms with Crippen LogP contribution in [0.3, 0.4) is 0 Å². The summed E-state index contributed by atoms with van der Waals surface area (Å²) in [5.41, 5.74) is -1.06. The van der Waals surface area contributed by atoms with Crippen LogP contribution in [0.4, 0.5) is 0 Å². The van der Waals surface area contributed by atoms with Crippen LogP contribution in [0.2, 0.25) is 0 Å². The summed E-state index contributed by atoms with van der Waals surface area (Å²) >= 11 is 20.2. The highest BCUT2D eigenvalue weighted by atomic mass is 79.9. The van der Waals surface area contributed by atoms with Crippen molar-refractivity contribution < 1.29 is 9.59 Å². The van der Waals surface area contributed by atoms with Gasteiger partial charge in [0.05, 0.1) is 10.8 Å². The van der Waals surface area contributed by atoms with Gasteiger partial charge in [-0.1, -0.05) is 95.6 Å². The lowest BCUT2D eigenvalue weighted by molar-refractivity contribution is -0.129. The molecule has 0 atom stereocenters. The van der Waals surface area contributed by atoms with E-state index in [4.69, 9.17) is 0 Å². The van der Waals surface area contributed by atoms with Gasteiger partial charge < -0.3 is 10.6 Å². The van der Waals surface area contributed by atoms with Crippen LogP contribution in [0.25, 0.3) is 0 Å². The quantitative estimate of drug-likeness (QED) is 0.256. The summed E-state index contributed by atoms with van der Waals surface area (Å²) in [5, 5.41) is 9.02. The average Bonchev–Trinajstić information content (AvgIpc) is 2.56. The van der Waals surface area contributed by atoms with Gasteiger partial charge in [-0.25, -0.2) is 0 Å². The van der Waals surface area contributed by atoms with E-state index in [0.29, 0.717) is 45.1 Å². The molecule has 0 spiro atoms. The summed E-state index contributed by atoms with van der Waals surface area (Å²) in [4.78, 5) is 24.5. The maximum absolute atomic E-state index is 12.2. The van der Waals surface area contributed by atoms with Crippen molar-refractivity contribution >= 4 is 107 Å². The van der Waals surface area contributed by atoms with Gasteiger partial charge in [-0.3, -0.25) is 9.59 Å². The third kappa shape index (κ3) is 6.28. The second-order valence-electron chi connectivity index (χ2n) is 4.87. The smallest absolute Gasteiger partial charge is 0.228 e. The predicted molar refractivity (Wildman–Crippen MR) is 114 cm³/mol. The molecule has 0 rings (SSSR count). The fraction of sp³-hybridized carbons (Fsp3) is 0.833. The zero-order valence-electron chi connectivity index (χ0n) is 11.7. The molecule has 0 unspecified atom stereocenters. The number of hydrogen-bond acceptors (Lipinski definition) is 2. The molecule has 0 aliphatic heterocycles. The Morgan fingerprint density at radius 3 is 1.00 bits per heavy atom. The summed E-state index contributed by atoms with van der Waals surface area (Å²) in [6.45, 7) is 0.782. The van der Waals surface area contributed by atoms with E-state index in [9.17, 15) is 9.59 Å². The number of hydrogen-bond donors (Lipinski definition) is 2. The van der Waals surface area contributed by atoms with Crippen molar-refractivity contribution in [3.05, 3.63) is 0 Å². The summed E-state index contributed by atoms with van der Waals surface area (Å²) in [6, 6.07) is 0. The minimum atomic E-state index is -0.532. The molecular weight excluding hydrogens is 684 g/mol. The Kier molecular flexibility index (Phi) is 13.2. The van der Waals surface area contributed by atoms with Gasteiger partial charge in [0, 0.05) is 45.1 Å². The standard InChI is InChI=1S/C12H18Br6N2O2/c13-3-11(4-14,5-15)9(21)19-1-2-20-10(22)12(6-16,7-17)8-18/h1-8H2,(H,19,21)(H,20,22). The molecule has 10 heteroatoms. The van der Waals surface area contributed by atoms with E-state index in [-0.39, 0.29) is 11.8 Å². The molecule has 0 aromatic heterocycles. The highest BCUT2D eigenvalue weighted by molar-refractivity contribution is 9.10. The molecule has 2 amide bonds. The molecule has 0 saturated carbocycles. The van der Waals surface area contributed by atoms with Gasteiger partial charge in [0.15, 0.2) is 0 Å². The second-order valence-corrected chi connectivity index (χ2v) is 8.24. The molecule has 0 radical (unpaired) electrons. The Morgan fingerprint density at radius 2 is 0.818 bits per heavy atom. The van der Waals surface area contributed by atoms with Crippen molar-refractivity contribution in [1.29, 1.82) is 0 Å². The molecule has 2 N–H and O–H groups in total. The lowest BCUT2D eigenvalue weighted by Gasteiger charge is -2.27. The molecule has 0 saturated heterocycles. The van der Waals surface area contributed by atoms with Crippen LogP contribution in [0.15, 0.2) is 0 Å². The molecule has 130 valence electrons. The van der Waals surface area contributed by atoms with Crippen molar-refractivity contribution in [1.82, 2.24) is 10.6 Å². The van der Waals surface area contributed by atoms with Crippen LogP contribution in [0.1, 0.15) is 0 Å². The highest BCUT2D eigenvalue weighted by Gasteiger charge is 2.36. The number of nitrogens with one attached hydrogen (secondary N) is 2. The molecule has 0 aromatic rings. The summed E-state index contributed by atoms with van der Waals surface area (Å²) in [7, 11) is 0. The summed E-state index contributed by atoms with van der Waals surface area (Å²) < 4.78 is 0. The molecule has 22 heavy (non-hydrogen) atoms. The third-order valence-corrected chi connectivity index (χ3v) is 9.63. The normalized spacial score (nSPS) is 12.1. The molecule has 0 aliphatic carbocycles. The molecule has 0 bridgehead atoms. The van der Waals surface area contributed by atoms with Gasteiger partial charge >= 0.3 is 0 Å². The number of carbonyl (C=O) groups is 2. The van der Waals surface area contributed by atoms with Gasteiger partial charge in [-0.2, -0.15) is 0 Å². The van der Waals surface area contributed by atoms with Crippen LogP contribution >= 0.6 is 95.6 Å². The van der Waals surface area contributed by atoms with Crippen LogP contribution < -0.4 is 10.6 Å². The van der Waals surface area contributed by atoms with Crippen molar-refractivity contribution in [3.8, 4) is 0 Å². The number of rotatable bonds is 11. The lowest BCUT2D eigenvalue weighted by Crippen LogP contribution is -2.49. The highest BCUT2D eigenvalue weighted by Crippen LogP contribution is 2.27. The Labute approximate surface area is 181 Å². The van der Waals surface area contributed by atoms with E-state index in [2.05, 4.69) is 106 Å². The molecule has 0 aliphatic rings. The van der Waals surface area contributed by atoms with Gasteiger partial charge in [-0.15, -0.1) is 0 Å². The molecule has 0 heterocycles. The zero-order valence-corrected chi connectivity index (χ0v) is 21.3. The maximum Gasteiger partial charge on any atom is 0.228 e. The first-order valence-electron chi connectivity index (χ1n) is 6.34. The Balaban J connectivity index is 4.38. The zero-order chi connectivity index (χ0) is 17.2. The Morgan fingerprint density at radius 1 is 0.591 bits per heavy atom. The third-order valence-electron chi connectivity index (χ3n) is 3.19. The van der Waals surface area contributed by atoms with Crippen molar-refractivity contribution in [3.63, 3.8) is 0 Å². The van der Waals surface area contributed by atoms with E-state index >= 15 is 0 Å². The summed E-state index contributed by atoms with van der Waals surface area (Å²) in [5.74, 6) is -0.111. The fourth-order valence-corrected chi connectivity index (χ4v) is 8.40. The van der Waals surface area contributed by atoms with Crippen LogP contribution in [-0.4, -0.2) is 56.9 Å². The number of carbonyl (C=O) groups excluding carboxylic acids is 2. The first-order chi connectivity index (χ1) is 10.4. The predicted octanol–water partition coefficient (Wildman–Crippen LogP) is 3.56. The van der Waals surface area contributed by atoms with Crippen LogP contribution in [-0.2, 0) is 9.59 Å². The minimum Gasteiger partial charge on any atom is -0.354 e. The first kappa shape index (κ1) is 23.8. The number of alkyl halides is 6. The van der Waals surface area contributed by atoms with Crippen LogP contribution in [0, 0.1) is 10.8 Å². The van der Waals surface area contributed by atoms with Crippen LogP contribution in [0.5, 0.6) is 0 Å². The minimum absolute atomic E-state index is 0.0555. The van der Waals surface area contributed by atoms with E-state index in [1.165, 1.54) is 0 Å². The lowest BCUT2D eigenvalue weighted by atomic mass is 9.95. The average molecular weight is 702 g/mol. The second kappa shape index (κ2) is 12.2. The summed E-state index contributed by atoms with van der Waals surface area (Å²) in [6.07, 6.45) is 0. The van der Waals surface area contributed by atoms with Crippen molar-refractivity contribution in [2.24, 2.45) is 10.8 Å². The fourth-order valence-electron chi connectivity index (χ4n) is 1.31. The van der Waals surface area contributed by atoms with E-state index in [1.807, 2.05) is 0 Å². The van der Waals surface area contributed by atoms with E-state index in [1.54, 1.807) is 0 Å². The Bertz CT molecular complexity index is 311. The van der Waals surface area contributed by atoms with E-state index < -0.39 is 10.8 Å². The van der Waals surface area contributed by atoms with Gasteiger partial charge in [-0.05, 0) is 0 Å². The molecule has 0 fully saturated rings.